The van der Waals surface area contributed by atoms with Crippen LogP contribution in [0.5, 0.6) is 0 Å². The van der Waals surface area contributed by atoms with Crippen molar-refractivity contribution < 1.29 is 14.3 Å². The zero-order valence-corrected chi connectivity index (χ0v) is 13.7. The lowest BCUT2D eigenvalue weighted by atomic mass is 10.1. The Morgan fingerprint density at radius 1 is 1.35 bits per heavy atom. The average molecular weight is 319 g/mol. The second-order valence-corrected chi connectivity index (χ2v) is 6.10. The molecule has 3 N–H and O–H groups in total. The second kappa shape index (κ2) is 8.08. The molecule has 126 valence electrons. The van der Waals surface area contributed by atoms with Crippen LogP contribution in [0.25, 0.3) is 0 Å². The van der Waals surface area contributed by atoms with Gasteiger partial charge in [-0.3, -0.25) is 9.59 Å². The van der Waals surface area contributed by atoms with Crippen molar-refractivity contribution in [3.8, 4) is 0 Å². The molecule has 2 atom stereocenters. The zero-order chi connectivity index (χ0) is 16.8. The van der Waals surface area contributed by atoms with Crippen molar-refractivity contribution in [3.63, 3.8) is 0 Å². The van der Waals surface area contributed by atoms with E-state index in [1.165, 1.54) is 0 Å². The predicted molar refractivity (Wildman–Crippen MR) is 87.5 cm³/mol. The molecule has 1 aromatic carbocycles. The summed E-state index contributed by atoms with van der Waals surface area (Å²) in [6.45, 7) is 5.24. The van der Waals surface area contributed by atoms with Crippen molar-refractivity contribution in [2.45, 2.75) is 26.0 Å². The number of nitrogens with one attached hydrogen (secondary N) is 1. The molecule has 0 radical (unpaired) electrons. The van der Waals surface area contributed by atoms with E-state index in [0.29, 0.717) is 19.7 Å². The third-order valence-electron chi connectivity index (χ3n) is 4.03. The standard InChI is InChI=1S/C17H25N3O3/c1-12(2)16(18)17(22)19-10-15(21)20-8-9-23-14(11-20)13-6-4-3-5-7-13/h3-7,12,14,16H,8-11,18H2,1-2H3,(H,19,22)/t14?,16-/m0/s1. The van der Waals surface area contributed by atoms with Crippen molar-refractivity contribution in [1.29, 1.82) is 0 Å². The van der Waals surface area contributed by atoms with Gasteiger partial charge in [-0.15, -0.1) is 0 Å². The third-order valence-corrected chi connectivity index (χ3v) is 4.03. The lowest BCUT2D eigenvalue weighted by molar-refractivity contribution is -0.139. The normalized spacial score (nSPS) is 19.5. The van der Waals surface area contributed by atoms with E-state index in [2.05, 4.69) is 5.32 Å². The summed E-state index contributed by atoms with van der Waals surface area (Å²) in [5.74, 6) is -0.365. The number of ether oxygens (including phenoxy) is 1. The van der Waals surface area contributed by atoms with Gasteiger partial charge in [0.25, 0.3) is 0 Å². The number of hydrogen-bond acceptors (Lipinski definition) is 4. The van der Waals surface area contributed by atoms with Gasteiger partial charge in [0, 0.05) is 6.54 Å². The Balaban J connectivity index is 1.86. The number of morpholine rings is 1. The Morgan fingerprint density at radius 2 is 2.04 bits per heavy atom. The number of benzene rings is 1. The summed E-state index contributed by atoms with van der Waals surface area (Å²) in [5, 5.41) is 2.62. The maximum atomic E-state index is 12.3. The molecule has 1 heterocycles. The van der Waals surface area contributed by atoms with Crippen LogP contribution < -0.4 is 11.1 Å². The molecule has 1 aliphatic heterocycles. The summed E-state index contributed by atoms with van der Waals surface area (Å²) >= 11 is 0. The van der Waals surface area contributed by atoms with Crippen LogP contribution in [0, 0.1) is 5.92 Å². The molecule has 0 bridgehead atoms. The van der Waals surface area contributed by atoms with Gasteiger partial charge in [-0.2, -0.15) is 0 Å². The SMILES string of the molecule is CC(C)[C@H](N)C(=O)NCC(=O)N1CCOC(c2ccccc2)C1. The fourth-order valence-electron chi connectivity index (χ4n) is 2.44. The minimum Gasteiger partial charge on any atom is -0.370 e. The topological polar surface area (TPSA) is 84.7 Å². The Labute approximate surface area is 137 Å². The van der Waals surface area contributed by atoms with E-state index in [9.17, 15) is 9.59 Å². The van der Waals surface area contributed by atoms with E-state index < -0.39 is 6.04 Å². The summed E-state index contributed by atoms with van der Waals surface area (Å²) in [5.41, 5.74) is 6.82. The third kappa shape index (κ3) is 4.77. The molecule has 0 aliphatic carbocycles. The smallest absolute Gasteiger partial charge is 0.242 e. The van der Waals surface area contributed by atoms with Crippen LogP contribution in [0.1, 0.15) is 25.5 Å². The molecule has 6 nitrogen and oxygen atoms in total. The number of carbonyl (C=O) groups is 2. The minimum absolute atomic E-state index is 0.0270. The van der Waals surface area contributed by atoms with Crippen LogP contribution in [0.15, 0.2) is 30.3 Å². The molecule has 1 aromatic rings. The van der Waals surface area contributed by atoms with Gasteiger partial charge < -0.3 is 20.7 Å². The number of carbonyl (C=O) groups excluding carboxylic acids is 2. The molecule has 0 spiro atoms. The highest BCUT2D eigenvalue weighted by molar-refractivity contribution is 5.87. The van der Waals surface area contributed by atoms with Crippen molar-refractivity contribution in [2.24, 2.45) is 11.7 Å². The summed E-state index contributed by atoms with van der Waals surface area (Å²) in [4.78, 5) is 25.8. The van der Waals surface area contributed by atoms with E-state index in [0.717, 1.165) is 5.56 Å². The van der Waals surface area contributed by atoms with Crippen LogP contribution >= 0.6 is 0 Å². The molecule has 0 aromatic heterocycles. The highest BCUT2D eigenvalue weighted by atomic mass is 16.5. The first-order valence-electron chi connectivity index (χ1n) is 7.96. The molecule has 2 amide bonds. The van der Waals surface area contributed by atoms with E-state index >= 15 is 0 Å². The van der Waals surface area contributed by atoms with Gasteiger partial charge in [0.2, 0.25) is 11.8 Å². The number of rotatable bonds is 5. The van der Waals surface area contributed by atoms with Gasteiger partial charge in [0.05, 0.1) is 25.7 Å². The average Bonchev–Trinajstić information content (AvgIpc) is 2.59. The van der Waals surface area contributed by atoms with Crippen molar-refractivity contribution in [2.75, 3.05) is 26.2 Å². The lowest BCUT2D eigenvalue weighted by Crippen LogP contribution is -2.50. The van der Waals surface area contributed by atoms with Crippen molar-refractivity contribution in [1.82, 2.24) is 10.2 Å². The Kier molecular flexibility index (Phi) is 6.12. The Hall–Kier alpha value is -1.92. The lowest BCUT2D eigenvalue weighted by Gasteiger charge is -2.33. The maximum absolute atomic E-state index is 12.3. The molecule has 1 unspecified atom stereocenters. The molecule has 1 saturated heterocycles. The van der Waals surface area contributed by atoms with Gasteiger partial charge in [0.1, 0.15) is 6.10 Å². The summed E-state index contributed by atoms with van der Waals surface area (Å²) in [6.07, 6.45) is -0.123. The van der Waals surface area contributed by atoms with E-state index in [-0.39, 0.29) is 30.4 Å². The largest absolute Gasteiger partial charge is 0.370 e. The Morgan fingerprint density at radius 3 is 2.70 bits per heavy atom. The van der Waals surface area contributed by atoms with Gasteiger partial charge in [-0.05, 0) is 11.5 Å². The molecular weight excluding hydrogens is 294 g/mol. The number of nitrogens with zero attached hydrogens (tertiary/aromatic N) is 1. The van der Waals surface area contributed by atoms with Gasteiger partial charge in [0.15, 0.2) is 0 Å². The van der Waals surface area contributed by atoms with E-state index in [1.807, 2.05) is 44.2 Å². The summed E-state index contributed by atoms with van der Waals surface area (Å²) in [6, 6.07) is 9.23. The molecular formula is C17H25N3O3. The van der Waals surface area contributed by atoms with Crippen LogP contribution in [0.2, 0.25) is 0 Å². The van der Waals surface area contributed by atoms with Crippen molar-refractivity contribution >= 4 is 11.8 Å². The van der Waals surface area contributed by atoms with E-state index in [4.69, 9.17) is 10.5 Å². The summed E-state index contributed by atoms with van der Waals surface area (Å²) < 4.78 is 5.74. The molecule has 1 fully saturated rings. The molecule has 6 heteroatoms. The van der Waals surface area contributed by atoms with Crippen LogP contribution in [-0.4, -0.2) is 49.0 Å². The summed E-state index contributed by atoms with van der Waals surface area (Å²) in [7, 11) is 0. The second-order valence-electron chi connectivity index (χ2n) is 6.10. The van der Waals surface area contributed by atoms with Gasteiger partial charge in [-0.1, -0.05) is 44.2 Å². The molecule has 1 aliphatic rings. The highest BCUT2D eigenvalue weighted by Crippen LogP contribution is 2.21. The monoisotopic (exact) mass is 319 g/mol. The zero-order valence-electron chi connectivity index (χ0n) is 13.7. The maximum Gasteiger partial charge on any atom is 0.242 e. The number of nitrogens with two attached hydrogens (primary N) is 1. The van der Waals surface area contributed by atoms with Crippen LogP contribution in [0.4, 0.5) is 0 Å². The number of hydrogen-bond donors (Lipinski definition) is 2. The van der Waals surface area contributed by atoms with E-state index in [1.54, 1.807) is 4.90 Å². The minimum atomic E-state index is -0.593. The van der Waals surface area contributed by atoms with Crippen LogP contribution in [-0.2, 0) is 14.3 Å². The Bertz CT molecular complexity index is 533. The van der Waals surface area contributed by atoms with Gasteiger partial charge >= 0.3 is 0 Å². The molecule has 0 saturated carbocycles. The first kappa shape index (κ1) is 17.4. The quantitative estimate of drug-likeness (QED) is 0.836. The van der Waals surface area contributed by atoms with Crippen LogP contribution in [0.3, 0.4) is 0 Å². The van der Waals surface area contributed by atoms with Crippen molar-refractivity contribution in [3.05, 3.63) is 35.9 Å². The highest BCUT2D eigenvalue weighted by Gasteiger charge is 2.26. The first-order chi connectivity index (χ1) is 11.0. The number of amides is 2. The molecule has 23 heavy (non-hydrogen) atoms. The predicted octanol–water partition coefficient (Wildman–Crippen LogP) is 0.686. The fraction of sp³-hybridized carbons (Fsp3) is 0.529. The van der Waals surface area contributed by atoms with Gasteiger partial charge in [-0.25, -0.2) is 0 Å². The fourth-order valence-corrected chi connectivity index (χ4v) is 2.44. The molecule has 2 rings (SSSR count). The first-order valence-corrected chi connectivity index (χ1v) is 7.96.